The van der Waals surface area contributed by atoms with Crippen LogP contribution in [0, 0.1) is 6.92 Å². The van der Waals surface area contributed by atoms with Crippen LogP contribution in [0.25, 0.3) is 5.78 Å². The van der Waals surface area contributed by atoms with E-state index in [0.29, 0.717) is 20.8 Å². The van der Waals surface area contributed by atoms with E-state index in [1.54, 1.807) is 24.3 Å². The summed E-state index contributed by atoms with van der Waals surface area (Å²) < 4.78 is 40.4. The van der Waals surface area contributed by atoms with Gasteiger partial charge in [0, 0.05) is 16.8 Å². The average molecular weight is 373 g/mol. The van der Waals surface area contributed by atoms with Crippen LogP contribution >= 0.6 is 11.6 Å². The van der Waals surface area contributed by atoms with Gasteiger partial charge in [-0.05, 0) is 24.6 Å². The first-order chi connectivity index (χ1) is 11.7. The molecule has 10 heteroatoms. The molecule has 3 rings (SSSR count). The Morgan fingerprint density at radius 2 is 1.92 bits per heavy atom. The van der Waals surface area contributed by atoms with Crippen LogP contribution in [0.5, 0.6) is 0 Å². The van der Waals surface area contributed by atoms with Gasteiger partial charge in [0.05, 0.1) is 12.6 Å². The van der Waals surface area contributed by atoms with Gasteiger partial charge in [0.2, 0.25) is 5.78 Å². The van der Waals surface area contributed by atoms with Crippen molar-refractivity contribution in [3.05, 3.63) is 62.8 Å². The molecule has 25 heavy (non-hydrogen) atoms. The summed E-state index contributed by atoms with van der Waals surface area (Å²) in [6.45, 7) is 1.44. The number of hydrogen-bond donors (Lipinski definition) is 1. The van der Waals surface area contributed by atoms with Crippen LogP contribution in [-0.4, -0.2) is 24.3 Å². The lowest BCUT2D eigenvalue weighted by atomic mass is 10.1. The SMILES string of the molecule is Cc1cc(=O)n2nc(C(F)(F)F)nc2n1CC(O)c1ccc(Cl)cc1. The van der Waals surface area contributed by atoms with Crippen molar-refractivity contribution in [3.8, 4) is 0 Å². The summed E-state index contributed by atoms with van der Waals surface area (Å²) in [4.78, 5) is 15.3. The molecule has 0 amide bonds. The van der Waals surface area contributed by atoms with Crippen LogP contribution in [0.2, 0.25) is 5.02 Å². The largest absolute Gasteiger partial charge is 0.453 e. The molecule has 1 aromatic carbocycles. The number of aromatic nitrogens is 4. The van der Waals surface area contributed by atoms with Gasteiger partial charge >= 0.3 is 6.18 Å². The normalized spacial score (nSPS) is 13.4. The first-order valence-electron chi connectivity index (χ1n) is 7.15. The summed E-state index contributed by atoms with van der Waals surface area (Å²) in [6, 6.07) is 7.52. The highest BCUT2D eigenvalue weighted by Gasteiger charge is 2.37. The van der Waals surface area contributed by atoms with Crippen molar-refractivity contribution in [2.24, 2.45) is 0 Å². The monoisotopic (exact) mass is 372 g/mol. The zero-order chi connectivity index (χ0) is 18.4. The number of hydrogen-bond acceptors (Lipinski definition) is 4. The Morgan fingerprint density at radius 1 is 1.28 bits per heavy atom. The van der Waals surface area contributed by atoms with E-state index in [1.165, 1.54) is 11.5 Å². The van der Waals surface area contributed by atoms with E-state index in [0.717, 1.165) is 6.07 Å². The molecule has 0 radical (unpaired) electrons. The van der Waals surface area contributed by atoms with E-state index in [-0.39, 0.29) is 12.3 Å². The van der Waals surface area contributed by atoms with Crippen LogP contribution in [-0.2, 0) is 12.7 Å². The summed E-state index contributed by atoms with van der Waals surface area (Å²) in [6.07, 6.45) is -5.81. The van der Waals surface area contributed by atoms with Crippen molar-refractivity contribution in [2.75, 3.05) is 0 Å². The third-order valence-corrected chi connectivity index (χ3v) is 3.91. The fraction of sp³-hybridized carbons (Fsp3) is 0.267. The lowest BCUT2D eigenvalue weighted by molar-refractivity contribution is -0.144. The van der Waals surface area contributed by atoms with Gasteiger partial charge in [-0.2, -0.15) is 22.7 Å². The molecule has 0 bridgehead atoms. The molecular weight excluding hydrogens is 361 g/mol. The maximum absolute atomic E-state index is 12.8. The minimum absolute atomic E-state index is 0.104. The number of aliphatic hydroxyl groups is 1. The third kappa shape index (κ3) is 3.38. The van der Waals surface area contributed by atoms with Crippen molar-refractivity contribution < 1.29 is 18.3 Å². The smallest absolute Gasteiger partial charge is 0.387 e. The molecule has 1 N–H and O–H groups in total. The molecule has 0 aliphatic heterocycles. The Bertz CT molecular complexity index is 979. The summed E-state index contributed by atoms with van der Waals surface area (Å²) >= 11 is 5.79. The van der Waals surface area contributed by atoms with E-state index in [9.17, 15) is 23.1 Å². The Kier molecular flexibility index (Phi) is 4.29. The second-order valence-electron chi connectivity index (χ2n) is 5.45. The highest BCUT2D eigenvalue weighted by molar-refractivity contribution is 6.30. The van der Waals surface area contributed by atoms with E-state index in [2.05, 4.69) is 10.1 Å². The Hall–Kier alpha value is -2.39. The van der Waals surface area contributed by atoms with Gasteiger partial charge in [0.1, 0.15) is 0 Å². The van der Waals surface area contributed by atoms with E-state index in [1.807, 2.05) is 0 Å². The molecule has 0 fully saturated rings. The van der Waals surface area contributed by atoms with Gasteiger partial charge in [-0.3, -0.25) is 4.79 Å². The maximum atomic E-state index is 12.8. The van der Waals surface area contributed by atoms with Crippen LogP contribution in [0.1, 0.15) is 23.2 Å². The van der Waals surface area contributed by atoms with E-state index in [4.69, 9.17) is 11.6 Å². The fourth-order valence-electron chi connectivity index (χ4n) is 2.41. The number of fused-ring (bicyclic) bond motifs is 1. The molecule has 0 spiro atoms. The number of alkyl halides is 3. The lowest BCUT2D eigenvalue weighted by Gasteiger charge is -2.16. The first kappa shape index (κ1) is 17.4. The van der Waals surface area contributed by atoms with Gasteiger partial charge in [0.25, 0.3) is 11.4 Å². The summed E-state index contributed by atoms with van der Waals surface area (Å²) in [5.41, 5.74) is 0.149. The molecule has 1 unspecified atom stereocenters. The molecule has 1 atom stereocenters. The summed E-state index contributed by atoms with van der Waals surface area (Å²) in [5, 5.41) is 14.1. The third-order valence-electron chi connectivity index (χ3n) is 3.66. The minimum atomic E-state index is -4.78. The van der Waals surface area contributed by atoms with Gasteiger partial charge < -0.3 is 9.67 Å². The van der Waals surface area contributed by atoms with Gasteiger partial charge in [-0.15, -0.1) is 5.10 Å². The Morgan fingerprint density at radius 3 is 2.52 bits per heavy atom. The minimum Gasteiger partial charge on any atom is -0.387 e. The van der Waals surface area contributed by atoms with E-state index < -0.39 is 23.7 Å². The molecule has 3 aromatic rings. The molecule has 0 aliphatic carbocycles. The summed E-state index contributed by atoms with van der Waals surface area (Å²) in [7, 11) is 0. The highest BCUT2D eigenvalue weighted by Crippen LogP contribution is 2.26. The molecule has 0 aliphatic rings. The van der Waals surface area contributed by atoms with Crippen molar-refractivity contribution in [3.63, 3.8) is 0 Å². The second kappa shape index (κ2) is 6.16. The molecule has 132 valence electrons. The number of aliphatic hydroxyl groups excluding tert-OH is 1. The second-order valence-corrected chi connectivity index (χ2v) is 5.88. The van der Waals surface area contributed by atoms with Gasteiger partial charge in [-0.1, -0.05) is 23.7 Å². The number of halogens is 4. The number of benzene rings is 1. The first-order valence-corrected chi connectivity index (χ1v) is 7.52. The Balaban J connectivity index is 2.07. The highest BCUT2D eigenvalue weighted by atomic mass is 35.5. The number of rotatable bonds is 3. The molecule has 2 heterocycles. The predicted molar refractivity (Wildman–Crippen MR) is 83.4 cm³/mol. The van der Waals surface area contributed by atoms with Crippen LogP contribution in [0.4, 0.5) is 13.2 Å². The van der Waals surface area contributed by atoms with Gasteiger partial charge in [-0.25, -0.2) is 0 Å². The number of nitrogens with zero attached hydrogens (tertiary/aromatic N) is 4. The quantitative estimate of drug-likeness (QED) is 0.767. The van der Waals surface area contributed by atoms with Crippen molar-refractivity contribution >= 4 is 17.4 Å². The molecule has 0 saturated carbocycles. The standard InChI is InChI=1S/C15H12ClF3N4O2/c1-8-6-12(25)23-14(20-13(21-23)15(17,18)19)22(8)7-11(24)9-2-4-10(16)5-3-9/h2-6,11,24H,7H2,1H3. The predicted octanol–water partition coefficient (Wildman–Crippen LogP) is 2.61. The van der Waals surface area contributed by atoms with Crippen LogP contribution < -0.4 is 5.56 Å². The zero-order valence-electron chi connectivity index (χ0n) is 12.8. The maximum Gasteiger partial charge on any atom is 0.453 e. The van der Waals surface area contributed by atoms with Crippen molar-refractivity contribution in [1.82, 2.24) is 19.2 Å². The molecule has 2 aromatic heterocycles. The summed E-state index contributed by atoms with van der Waals surface area (Å²) in [5.74, 6) is -1.70. The van der Waals surface area contributed by atoms with Crippen LogP contribution in [0.3, 0.4) is 0 Å². The van der Waals surface area contributed by atoms with Gasteiger partial charge in [0.15, 0.2) is 0 Å². The van der Waals surface area contributed by atoms with Crippen LogP contribution in [0.15, 0.2) is 35.1 Å². The molecule has 6 nitrogen and oxygen atoms in total. The molecular formula is C15H12ClF3N4O2. The van der Waals surface area contributed by atoms with Crippen molar-refractivity contribution in [2.45, 2.75) is 25.7 Å². The topological polar surface area (TPSA) is 72.4 Å². The molecule has 0 saturated heterocycles. The average Bonchev–Trinajstić information content (AvgIpc) is 2.98. The van der Waals surface area contributed by atoms with Crippen molar-refractivity contribution in [1.29, 1.82) is 0 Å². The zero-order valence-corrected chi connectivity index (χ0v) is 13.6. The number of aryl methyl sites for hydroxylation is 1. The lowest BCUT2D eigenvalue weighted by Crippen LogP contribution is -2.22. The fourth-order valence-corrected chi connectivity index (χ4v) is 2.54. The Labute approximate surface area is 144 Å². The van der Waals surface area contributed by atoms with E-state index >= 15 is 0 Å².